The van der Waals surface area contributed by atoms with Crippen molar-refractivity contribution in [2.75, 3.05) is 26.2 Å². The van der Waals surface area contributed by atoms with E-state index in [1.54, 1.807) is 0 Å². The van der Waals surface area contributed by atoms with Crippen LogP contribution in [0.1, 0.15) is 142 Å². The summed E-state index contributed by atoms with van der Waals surface area (Å²) in [5.41, 5.74) is 0. The van der Waals surface area contributed by atoms with Crippen molar-refractivity contribution in [2.45, 2.75) is 142 Å². The van der Waals surface area contributed by atoms with Gasteiger partial charge in [0.25, 0.3) is 0 Å². The van der Waals surface area contributed by atoms with Crippen molar-refractivity contribution in [2.24, 2.45) is 0 Å². The molecule has 0 N–H and O–H groups in total. The van der Waals surface area contributed by atoms with Gasteiger partial charge in [-0.25, -0.2) is 0 Å². The summed E-state index contributed by atoms with van der Waals surface area (Å²) in [6.07, 6.45) is 29.4. The number of hydrogen-bond donors (Lipinski definition) is 0. The van der Waals surface area contributed by atoms with Crippen molar-refractivity contribution in [1.29, 1.82) is 0 Å². The number of hydrogen-bond acceptors (Lipinski definition) is 0. The molecule has 0 unspecified atom stereocenters. The predicted molar refractivity (Wildman–Crippen MR) is 123 cm³/mol. The fraction of sp³-hybridized carbons (Fsp3) is 1.00. The van der Waals surface area contributed by atoms with Crippen LogP contribution in [0.4, 0.5) is 0 Å². The summed E-state index contributed by atoms with van der Waals surface area (Å²) in [5, 5.41) is 0. The summed E-state index contributed by atoms with van der Waals surface area (Å²) < 4.78 is 1.49. The molecule has 0 aliphatic carbocycles. The Bertz CT molecular complexity index is 293. The lowest BCUT2D eigenvalue weighted by atomic mass is 10.0. The van der Waals surface area contributed by atoms with Crippen LogP contribution in [-0.4, -0.2) is 30.7 Å². The summed E-state index contributed by atoms with van der Waals surface area (Å²) in [5.74, 6) is 0. The van der Waals surface area contributed by atoms with Crippen LogP contribution in [0.25, 0.3) is 0 Å². The Labute approximate surface area is 173 Å². The molecule has 27 heavy (non-hydrogen) atoms. The molecule has 1 nitrogen and oxygen atoms in total. The lowest BCUT2D eigenvalue weighted by Crippen LogP contribution is -2.46. The normalized spacial score (nSPS) is 16.2. The molecule has 0 aromatic carbocycles. The maximum absolute atomic E-state index is 2.32. The van der Waals surface area contributed by atoms with Gasteiger partial charge in [0.2, 0.25) is 0 Å². The van der Waals surface area contributed by atoms with Gasteiger partial charge in [-0.1, -0.05) is 104 Å². The molecule has 1 aliphatic heterocycles. The zero-order chi connectivity index (χ0) is 19.5. The third-order valence-corrected chi connectivity index (χ3v) is 6.99. The minimum Gasteiger partial charge on any atom is -0.324 e. The lowest BCUT2D eigenvalue weighted by molar-refractivity contribution is -0.917. The van der Waals surface area contributed by atoms with Gasteiger partial charge >= 0.3 is 0 Å². The van der Waals surface area contributed by atoms with Crippen LogP contribution in [-0.2, 0) is 0 Å². The van der Waals surface area contributed by atoms with Gasteiger partial charge in [-0.2, -0.15) is 0 Å². The third-order valence-electron chi connectivity index (χ3n) is 6.99. The zero-order valence-corrected chi connectivity index (χ0v) is 19.4. The molecule has 1 heteroatoms. The highest BCUT2D eigenvalue weighted by molar-refractivity contribution is 4.57. The first-order valence-corrected chi connectivity index (χ1v) is 13.2. The first-order valence-electron chi connectivity index (χ1n) is 13.2. The Balaban J connectivity index is 1.94. The van der Waals surface area contributed by atoms with Crippen LogP contribution in [0, 0.1) is 0 Å². The van der Waals surface area contributed by atoms with Crippen molar-refractivity contribution < 1.29 is 4.48 Å². The second kappa shape index (κ2) is 18.0. The van der Waals surface area contributed by atoms with E-state index in [0.29, 0.717) is 0 Å². The maximum Gasteiger partial charge on any atom is 0.0788 e. The van der Waals surface area contributed by atoms with E-state index in [1.165, 1.54) is 159 Å². The Morgan fingerprint density at radius 2 is 0.704 bits per heavy atom. The van der Waals surface area contributed by atoms with E-state index >= 15 is 0 Å². The average molecular weight is 381 g/mol. The highest BCUT2D eigenvalue weighted by Crippen LogP contribution is 2.23. The highest BCUT2D eigenvalue weighted by atomic mass is 15.4. The fourth-order valence-corrected chi connectivity index (χ4v) is 5.08. The zero-order valence-electron chi connectivity index (χ0n) is 19.4. The van der Waals surface area contributed by atoms with E-state index < -0.39 is 0 Å². The molecule has 1 fully saturated rings. The number of rotatable bonds is 20. The maximum atomic E-state index is 2.32. The molecule has 0 spiro atoms. The van der Waals surface area contributed by atoms with Crippen LogP contribution in [0.3, 0.4) is 0 Å². The van der Waals surface area contributed by atoms with E-state index in [1.807, 2.05) is 0 Å². The summed E-state index contributed by atoms with van der Waals surface area (Å²) in [6.45, 7) is 10.6. The Hall–Kier alpha value is -0.0400. The Morgan fingerprint density at radius 3 is 1.04 bits per heavy atom. The van der Waals surface area contributed by atoms with E-state index in [9.17, 15) is 0 Å². The van der Waals surface area contributed by atoms with Crippen molar-refractivity contribution in [3.8, 4) is 0 Å². The van der Waals surface area contributed by atoms with Crippen LogP contribution in [0.15, 0.2) is 0 Å². The Kier molecular flexibility index (Phi) is 16.7. The topological polar surface area (TPSA) is 0 Å². The van der Waals surface area contributed by atoms with Gasteiger partial charge in [0.1, 0.15) is 0 Å². The number of nitrogens with zero attached hydrogens (tertiary/aromatic N) is 1. The second-order valence-electron chi connectivity index (χ2n) is 9.60. The molecule has 1 rings (SSSR count). The van der Waals surface area contributed by atoms with Crippen molar-refractivity contribution in [3.05, 3.63) is 0 Å². The molecule has 1 saturated heterocycles. The molecular formula is C26H54N+. The van der Waals surface area contributed by atoms with Gasteiger partial charge in [-0.15, -0.1) is 0 Å². The monoisotopic (exact) mass is 380 g/mol. The van der Waals surface area contributed by atoms with Gasteiger partial charge in [0.05, 0.1) is 26.2 Å². The first kappa shape index (κ1) is 25.0. The molecule has 0 radical (unpaired) electrons. The molecule has 162 valence electrons. The van der Waals surface area contributed by atoms with E-state index in [2.05, 4.69) is 13.8 Å². The molecule has 0 aromatic rings. The smallest absolute Gasteiger partial charge is 0.0788 e. The molecule has 1 heterocycles. The summed E-state index contributed by atoms with van der Waals surface area (Å²) in [7, 11) is 0. The minimum atomic E-state index is 1.37. The van der Waals surface area contributed by atoms with Crippen LogP contribution in [0.5, 0.6) is 0 Å². The van der Waals surface area contributed by atoms with Gasteiger partial charge < -0.3 is 4.48 Å². The van der Waals surface area contributed by atoms with E-state index in [-0.39, 0.29) is 0 Å². The SMILES string of the molecule is CCCCCCCCCCCCCC[N+]1(CCCCCCCC)CCCC1. The highest BCUT2D eigenvalue weighted by Gasteiger charge is 2.30. The molecule has 1 aliphatic rings. The number of unbranched alkanes of at least 4 members (excludes halogenated alkanes) is 16. The largest absolute Gasteiger partial charge is 0.324 e. The van der Waals surface area contributed by atoms with Crippen LogP contribution >= 0.6 is 0 Å². The van der Waals surface area contributed by atoms with Crippen molar-refractivity contribution >= 4 is 0 Å². The van der Waals surface area contributed by atoms with Gasteiger partial charge in [0.15, 0.2) is 0 Å². The minimum absolute atomic E-state index is 1.37. The average Bonchev–Trinajstić information content (AvgIpc) is 3.14. The van der Waals surface area contributed by atoms with E-state index in [0.717, 1.165) is 0 Å². The first-order chi connectivity index (χ1) is 13.3. The van der Waals surface area contributed by atoms with Crippen LogP contribution < -0.4 is 0 Å². The quantitative estimate of drug-likeness (QED) is 0.146. The van der Waals surface area contributed by atoms with Gasteiger partial charge in [-0.05, 0) is 25.7 Å². The summed E-state index contributed by atoms with van der Waals surface area (Å²) in [4.78, 5) is 0. The molecule has 0 bridgehead atoms. The fourth-order valence-electron chi connectivity index (χ4n) is 5.08. The van der Waals surface area contributed by atoms with E-state index in [4.69, 9.17) is 0 Å². The molecule has 0 atom stereocenters. The molecule has 0 saturated carbocycles. The van der Waals surface area contributed by atoms with Crippen LogP contribution in [0.2, 0.25) is 0 Å². The Morgan fingerprint density at radius 1 is 0.407 bits per heavy atom. The second-order valence-corrected chi connectivity index (χ2v) is 9.60. The van der Waals surface area contributed by atoms with Gasteiger partial charge in [-0.3, -0.25) is 0 Å². The predicted octanol–water partition coefficient (Wildman–Crippen LogP) is 8.66. The number of likely N-dealkylation sites (tertiary alicyclic amines) is 1. The standard InChI is InChI=1S/C26H54N/c1-3-5-7-9-11-12-13-14-15-16-18-20-24-27(25-21-22-26-27)23-19-17-10-8-6-4-2/h3-26H2,1-2H3/q+1. The molecule has 0 amide bonds. The van der Waals surface area contributed by atoms with Crippen molar-refractivity contribution in [1.82, 2.24) is 0 Å². The lowest BCUT2D eigenvalue weighted by Gasteiger charge is -2.34. The molecule has 0 aromatic heterocycles. The summed E-state index contributed by atoms with van der Waals surface area (Å²) in [6, 6.07) is 0. The molecular weight excluding hydrogens is 326 g/mol. The summed E-state index contributed by atoms with van der Waals surface area (Å²) >= 11 is 0. The third kappa shape index (κ3) is 13.7. The van der Waals surface area contributed by atoms with Crippen molar-refractivity contribution in [3.63, 3.8) is 0 Å². The van der Waals surface area contributed by atoms with Gasteiger partial charge in [0, 0.05) is 12.8 Å². The number of quaternary nitrogens is 1.